The fraction of sp³-hybridized carbons (Fsp3) is 0.909. The van der Waals surface area contributed by atoms with Crippen molar-refractivity contribution in [1.29, 1.82) is 0 Å². The van der Waals surface area contributed by atoms with Gasteiger partial charge in [-0.05, 0) is 38.0 Å². The van der Waals surface area contributed by atoms with E-state index in [1.165, 1.54) is 0 Å². The van der Waals surface area contributed by atoms with Crippen molar-refractivity contribution in [2.45, 2.75) is 38.8 Å². The molecule has 0 aliphatic heterocycles. The molecule has 2 saturated carbocycles. The van der Waals surface area contributed by atoms with Gasteiger partial charge in [-0.3, -0.25) is 4.79 Å². The molecule has 0 aromatic carbocycles. The summed E-state index contributed by atoms with van der Waals surface area (Å²) in [5.41, 5.74) is 0. The van der Waals surface area contributed by atoms with E-state index in [9.17, 15) is 18.0 Å². The predicted molar refractivity (Wildman–Crippen MR) is 49.2 cm³/mol. The van der Waals surface area contributed by atoms with E-state index in [1.54, 1.807) is 0 Å². The molecule has 2 fully saturated rings. The molecule has 15 heavy (non-hydrogen) atoms. The van der Waals surface area contributed by atoms with Crippen molar-refractivity contribution in [3.63, 3.8) is 0 Å². The first-order valence-corrected chi connectivity index (χ1v) is 5.50. The molecule has 0 heterocycles. The van der Waals surface area contributed by atoms with Crippen LogP contribution in [0.25, 0.3) is 0 Å². The monoisotopic (exact) mass is 220 g/mol. The molecule has 0 radical (unpaired) electrons. The molecule has 1 nitrogen and oxygen atoms in total. The van der Waals surface area contributed by atoms with Gasteiger partial charge < -0.3 is 0 Å². The second-order valence-electron chi connectivity index (χ2n) is 4.95. The molecular weight excluding hydrogens is 205 g/mol. The van der Waals surface area contributed by atoms with Crippen LogP contribution in [-0.2, 0) is 4.79 Å². The van der Waals surface area contributed by atoms with Gasteiger partial charge >= 0.3 is 6.18 Å². The first-order valence-electron chi connectivity index (χ1n) is 5.50. The number of fused-ring (bicyclic) bond motifs is 2. The molecule has 0 aromatic heterocycles. The van der Waals surface area contributed by atoms with Crippen molar-refractivity contribution in [1.82, 2.24) is 0 Å². The molecule has 0 saturated heterocycles. The lowest BCUT2D eigenvalue weighted by molar-refractivity contribution is -0.180. The third-order valence-corrected chi connectivity index (χ3v) is 4.02. The van der Waals surface area contributed by atoms with Crippen LogP contribution in [0.5, 0.6) is 0 Å². The topological polar surface area (TPSA) is 17.1 Å². The summed E-state index contributed by atoms with van der Waals surface area (Å²) in [6, 6.07) is 0. The summed E-state index contributed by atoms with van der Waals surface area (Å²) in [6.45, 7) is 0.994. The number of hydrogen-bond acceptors (Lipinski definition) is 1. The van der Waals surface area contributed by atoms with Crippen molar-refractivity contribution in [3.8, 4) is 0 Å². The van der Waals surface area contributed by atoms with E-state index in [2.05, 4.69) is 0 Å². The zero-order valence-corrected chi connectivity index (χ0v) is 8.68. The average Bonchev–Trinajstić information content (AvgIpc) is 2.74. The summed E-state index contributed by atoms with van der Waals surface area (Å²) in [7, 11) is 0. The molecule has 2 rings (SSSR count). The minimum Gasteiger partial charge on any atom is -0.299 e. The maximum absolute atomic E-state index is 12.4. The smallest absolute Gasteiger partial charge is 0.299 e. The summed E-state index contributed by atoms with van der Waals surface area (Å²) >= 11 is 0. The standard InChI is InChI=1S/C11H15F3O/c1-6(11(12,13)14)10(15)9-5-7-2-3-8(9)4-7/h6-9H,2-5H2,1H3. The van der Waals surface area contributed by atoms with E-state index in [1.807, 2.05) is 0 Å². The second kappa shape index (κ2) is 3.49. The van der Waals surface area contributed by atoms with Crippen LogP contribution >= 0.6 is 0 Å². The highest BCUT2D eigenvalue weighted by Gasteiger charge is 2.49. The van der Waals surface area contributed by atoms with Crippen molar-refractivity contribution < 1.29 is 18.0 Å². The quantitative estimate of drug-likeness (QED) is 0.698. The van der Waals surface area contributed by atoms with E-state index in [0.717, 1.165) is 26.2 Å². The molecule has 4 atom stereocenters. The Bertz CT molecular complexity index is 271. The van der Waals surface area contributed by atoms with Crippen molar-refractivity contribution in [2.75, 3.05) is 0 Å². The number of rotatable bonds is 2. The van der Waals surface area contributed by atoms with Gasteiger partial charge in [0, 0.05) is 5.92 Å². The van der Waals surface area contributed by atoms with Crippen LogP contribution in [0.1, 0.15) is 32.6 Å². The number of halogens is 3. The highest BCUT2D eigenvalue weighted by Crippen LogP contribution is 2.50. The summed E-state index contributed by atoms with van der Waals surface area (Å²) < 4.78 is 37.1. The molecule has 2 bridgehead atoms. The summed E-state index contributed by atoms with van der Waals surface area (Å²) in [5.74, 6) is -1.89. The van der Waals surface area contributed by atoms with Gasteiger partial charge in [0.05, 0.1) is 0 Å². The van der Waals surface area contributed by atoms with Gasteiger partial charge in [0.15, 0.2) is 0 Å². The van der Waals surface area contributed by atoms with Crippen LogP contribution in [0.3, 0.4) is 0 Å². The molecule has 0 aromatic rings. The van der Waals surface area contributed by atoms with Gasteiger partial charge in [-0.25, -0.2) is 0 Å². The van der Waals surface area contributed by atoms with Gasteiger partial charge in [-0.15, -0.1) is 0 Å². The largest absolute Gasteiger partial charge is 0.398 e. The van der Waals surface area contributed by atoms with Crippen molar-refractivity contribution in [3.05, 3.63) is 0 Å². The maximum atomic E-state index is 12.4. The molecule has 0 spiro atoms. The van der Waals surface area contributed by atoms with Crippen LogP contribution < -0.4 is 0 Å². The van der Waals surface area contributed by atoms with Crippen molar-refractivity contribution in [2.24, 2.45) is 23.7 Å². The Hall–Kier alpha value is -0.540. The van der Waals surface area contributed by atoms with Crippen molar-refractivity contribution >= 4 is 5.78 Å². The van der Waals surface area contributed by atoms with Gasteiger partial charge in [0.2, 0.25) is 0 Å². The normalized spacial score (nSPS) is 36.9. The average molecular weight is 220 g/mol. The SMILES string of the molecule is CC(C(=O)C1CC2CCC1C2)C(F)(F)F. The zero-order chi connectivity index (χ0) is 11.2. The van der Waals surface area contributed by atoms with Gasteiger partial charge in [0.25, 0.3) is 0 Å². The Balaban J connectivity index is 2.03. The highest BCUT2D eigenvalue weighted by molar-refractivity contribution is 5.84. The molecule has 4 unspecified atom stereocenters. The summed E-state index contributed by atoms with van der Waals surface area (Å²) in [4.78, 5) is 11.7. The van der Waals surface area contributed by atoms with Crippen LogP contribution in [0, 0.1) is 23.7 Å². The number of Topliss-reactive ketones (excluding diaryl/α,β-unsaturated/α-hetero) is 1. The first-order chi connectivity index (χ1) is 6.89. The number of ketones is 1. The lowest BCUT2D eigenvalue weighted by Crippen LogP contribution is -2.34. The molecule has 4 heteroatoms. The first kappa shape index (κ1) is 11.0. The van der Waals surface area contributed by atoms with Crippen LogP contribution in [-0.4, -0.2) is 12.0 Å². The Morgan fingerprint density at radius 2 is 1.93 bits per heavy atom. The Morgan fingerprint density at radius 1 is 1.27 bits per heavy atom. The van der Waals surface area contributed by atoms with Gasteiger partial charge in [-0.1, -0.05) is 6.42 Å². The lowest BCUT2D eigenvalue weighted by Gasteiger charge is -2.24. The predicted octanol–water partition coefficient (Wildman–Crippen LogP) is 3.19. The minimum absolute atomic E-state index is 0.243. The second-order valence-corrected chi connectivity index (χ2v) is 4.95. The van der Waals surface area contributed by atoms with Crippen LogP contribution in [0.2, 0.25) is 0 Å². The van der Waals surface area contributed by atoms with E-state index in [-0.39, 0.29) is 11.8 Å². The third kappa shape index (κ3) is 1.91. The molecule has 0 N–H and O–H groups in total. The zero-order valence-electron chi connectivity index (χ0n) is 8.68. The molecule has 2 aliphatic carbocycles. The molecule has 0 amide bonds. The van der Waals surface area contributed by atoms with E-state index < -0.39 is 17.9 Å². The van der Waals surface area contributed by atoms with Crippen LogP contribution in [0.15, 0.2) is 0 Å². The lowest BCUT2D eigenvalue weighted by atomic mass is 9.81. The Kier molecular flexibility index (Phi) is 2.55. The van der Waals surface area contributed by atoms with E-state index >= 15 is 0 Å². The maximum Gasteiger partial charge on any atom is 0.398 e. The van der Waals surface area contributed by atoms with Gasteiger partial charge in [-0.2, -0.15) is 13.2 Å². The fourth-order valence-electron chi connectivity index (χ4n) is 3.08. The number of carbonyl (C=O) groups is 1. The van der Waals surface area contributed by atoms with Gasteiger partial charge in [0.1, 0.15) is 11.7 Å². The Labute approximate surface area is 87.0 Å². The highest BCUT2D eigenvalue weighted by atomic mass is 19.4. The van der Waals surface area contributed by atoms with Crippen LogP contribution in [0.4, 0.5) is 13.2 Å². The third-order valence-electron chi connectivity index (χ3n) is 4.02. The molecular formula is C11H15F3O. The summed E-state index contributed by atoms with van der Waals surface area (Å²) in [6.07, 6.45) is -0.635. The number of hydrogen-bond donors (Lipinski definition) is 0. The number of alkyl halides is 3. The number of carbonyl (C=O) groups excluding carboxylic acids is 1. The molecule has 86 valence electrons. The fourth-order valence-corrected chi connectivity index (χ4v) is 3.08. The van der Waals surface area contributed by atoms with E-state index in [4.69, 9.17) is 0 Å². The minimum atomic E-state index is -4.36. The summed E-state index contributed by atoms with van der Waals surface area (Å²) in [5, 5.41) is 0. The molecule has 2 aliphatic rings. The van der Waals surface area contributed by atoms with E-state index in [0.29, 0.717) is 12.3 Å². The Morgan fingerprint density at radius 3 is 2.33 bits per heavy atom.